The van der Waals surface area contributed by atoms with Crippen LogP contribution in [0, 0.1) is 5.92 Å². The molecule has 0 saturated carbocycles. The molecule has 0 aliphatic rings. The maximum absolute atomic E-state index is 10.3. The summed E-state index contributed by atoms with van der Waals surface area (Å²) in [6.07, 6.45) is 2.65. The summed E-state index contributed by atoms with van der Waals surface area (Å²) in [6.45, 7) is 9.45. The summed E-state index contributed by atoms with van der Waals surface area (Å²) in [5.41, 5.74) is 0.903. The molecule has 1 N–H and O–H groups in total. The van der Waals surface area contributed by atoms with Gasteiger partial charge in [-0.25, -0.2) is 0 Å². The zero-order valence-corrected chi connectivity index (χ0v) is 13.2. The van der Waals surface area contributed by atoms with E-state index >= 15 is 0 Å². The summed E-state index contributed by atoms with van der Waals surface area (Å²) in [4.78, 5) is 0. The van der Waals surface area contributed by atoms with E-state index < -0.39 is 6.10 Å². The summed E-state index contributed by atoms with van der Waals surface area (Å²) in [5, 5.41) is 10.3. The topological polar surface area (TPSA) is 38.7 Å². The van der Waals surface area contributed by atoms with Crippen LogP contribution in [0.15, 0.2) is 18.2 Å². The van der Waals surface area contributed by atoms with Crippen LogP contribution in [0.1, 0.15) is 58.6 Å². The Labute approximate surface area is 122 Å². The standard InChI is InChI=1S/C17H28O3/c1-5-8-13(4)11-15(18)14-9-10-16(19-6-2)17(12-14)20-7-3/h9-10,12-13,15,18H,5-8,11H2,1-4H3. The van der Waals surface area contributed by atoms with Gasteiger partial charge in [-0.15, -0.1) is 0 Å². The Morgan fingerprint density at radius 1 is 1.05 bits per heavy atom. The van der Waals surface area contributed by atoms with Crippen molar-refractivity contribution in [2.75, 3.05) is 13.2 Å². The zero-order chi connectivity index (χ0) is 15.0. The molecule has 0 radical (unpaired) electrons. The zero-order valence-electron chi connectivity index (χ0n) is 13.2. The monoisotopic (exact) mass is 280 g/mol. The van der Waals surface area contributed by atoms with Crippen LogP contribution >= 0.6 is 0 Å². The second kappa shape index (κ2) is 8.85. The van der Waals surface area contributed by atoms with Crippen molar-refractivity contribution in [2.45, 2.75) is 53.1 Å². The molecule has 0 saturated heterocycles. The number of benzene rings is 1. The first-order chi connectivity index (χ1) is 9.62. The highest BCUT2D eigenvalue weighted by molar-refractivity contribution is 5.43. The van der Waals surface area contributed by atoms with Gasteiger partial charge in [-0.05, 0) is 43.9 Å². The normalized spacial score (nSPS) is 13.8. The molecule has 20 heavy (non-hydrogen) atoms. The van der Waals surface area contributed by atoms with Gasteiger partial charge in [0.05, 0.1) is 19.3 Å². The van der Waals surface area contributed by atoms with Crippen molar-refractivity contribution in [3.63, 3.8) is 0 Å². The van der Waals surface area contributed by atoms with E-state index in [1.807, 2.05) is 32.0 Å². The van der Waals surface area contributed by atoms with Gasteiger partial charge in [-0.3, -0.25) is 0 Å². The van der Waals surface area contributed by atoms with Crippen LogP contribution in [0.25, 0.3) is 0 Å². The van der Waals surface area contributed by atoms with E-state index in [1.165, 1.54) is 0 Å². The third kappa shape index (κ3) is 5.04. The quantitative estimate of drug-likeness (QED) is 0.731. The van der Waals surface area contributed by atoms with E-state index in [1.54, 1.807) is 0 Å². The van der Waals surface area contributed by atoms with E-state index in [2.05, 4.69) is 13.8 Å². The molecule has 0 heterocycles. The lowest BCUT2D eigenvalue weighted by Crippen LogP contribution is -2.06. The molecule has 0 amide bonds. The van der Waals surface area contributed by atoms with Gasteiger partial charge in [0.15, 0.2) is 11.5 Å². The van der Waals surface area contributed by atoms with Crippen LogP contribution in [-0.4, -0.2) is 18.3 Å². The number of hydrogen-bond acceptors (Lipinski definition) is 3. The lowest BCUT2D eigenvalue weighted by Gasteiger charge is -2.18. The van der Waals surface area contributed by atoms with Gasteiger partial charge in [0, 0.05) is 0 Å². The fourth-order valence-corrected chi connectivity index (χ4v) is 2.40. The van der Waals surface area contributed by atoms with Crippen LogP contribution < -0.4 is 9.47 Å². The van der Waals surface area contributed by atoms with E-state index in [-0.39, 0.29) is 0 Å². The Hall–Kier alpha value is -1.22. The minimum absolute atomic E-state index is 0.438. The number of aliphatic hydroxyl groups is 1. The highest BCUT2D eigenvalue weighted by Crippen LogP contribution is 2.33. The van der Waals surface area contributed by atoms with Crippen LogP contribution in [0.4, 0.5) is 0 Å². The van der Waals surface area contributed by atoms with Crippen molar-refractivity contribution < 1.29 is 14.6 Å². The Bertz CT molecular complexity index is 390. The molecule has 0 bridgehead atoms. The average Bonchev–Trinajstić information content (AvgIpc) is 2.41. The predicted molar refractivity (Wildman–Crippen MR) is 82.4 cm³/mol. The van der Waals surface area contributed by atoms with Gasteiger partial charge in [0.25, 0.3) is 0 Å². The van der Waals surface area contributed by atoms with Crippen LogP contribution in [0.2, 0.25) is 0 Å². The highest BCUT2D eigenvalue weighted by atomic mass is 16.5. The summed E-state index contributed by atoms with van der Waals surface area (Å²) >= 11 is 0. The van der Waals surface area contributed by atoms with Gasteiger partial charge >= 0.3 is 0 Å². The van der Waals surface area contributed by atoms with Crippen molar-refractivity contribution in [1.29, 1.82) is 0 Å². The summed E-state index contributed by atoms with van der Waals surface area (Å²) < 4.78 is 11.1. The van der Waals surface area contributed by atoms with Gasteiger partial charge in [-0.2, -0.15) is 0 Å². The Morgan fingerprint density at radius 2 is 1.70 bits per heavy atom. The first-order valence-corrected chi connectivity index (χ1v) is 7.69. The molecule has 1 aromatic carbocycles. The first kappa shape index (κ1) is 16.8. The molecule has 1 aromatic rings. The molecule has 2 atom stereocenters. The molecule has 0 aromatic heterocycles. The molecule has 2 unspecified atom stereocenters. The van der Waals surface area contributed by atoms with Gasteiger partial charge in [-0.1, -0.05) is 32.8 Å². The molecule has 0 aliphatic carbocycles. The van der Waals surface area contributed by atoms with Crippen molar-refractivity contribution in [2.24, 2.45) is 5.92 Å². The SMILES string of the molecule is CCCC(C)CC(O)c1ccc(OCC)c(OCC)c1. The van der Waals surface area contributed by atoms with Crippen LogP contribution in [0.3, 0.4) is 0 Å². The third-order valence-electron chi connectivity index (χ3n) is 3.36. The van der Waals surface area contributed by atoms with E-state index in [9.17, 15) is 5.11 Å². The fraction of sp³-hybridized carbons (Fsp3) is 0.647. The molecule has 0 aliphatic heterocycles. The number of aliphatic hydroxyl groups excluding tert-OH is 1. The Kier molecular flexibility index (Phi) is 7.45. The van der Waals surface area contributed by atoms with Crippen LogP contribution in [0.5, 0.6) is 11.5 Å². The van der Waals surface area contributed by atoms with E-state index in [0.717, 1.165) is 30.6 Å². The second-order valence-corrected chi connectivity index (χ2v) is 5.22. The molecule has 0 fully saturated rings. The van der Waals surface area contributed by atoms with E-state index in [0.29, 0.717) is 24.9 Å². The minimum atomic E-state index is -0.438. The number of hydrogen-bond donors (Lipinski definition) is 1. The molecular formula is C17H28O3. The molecule has 1 rings (SSSR count). The maximum atomic E-state index is 10.3. The summed E-state index contributed by atoms with van der Waals surface area (Å²) in [7, 11) is 0. The lowest BCUT2D eigenvalue weighted by molar-refractivity contribution is 0.144. The highest BCUT2D eigenvalue weighted by Gasteiger charge is 2.15. The van der Waals surface area contributed by atoms with Gasteiger partial charge in [0.2, 0.25) is 0 Å². The van der Waals surface area contributed by atoms with Gasteiger partial charge < -0.3 is 14.6 Å². The van der Waals surface area contributed by atoms with Crippen molar-refractivity contribution in [3.8, 4) is 11.5 Å². The largest absolute Gasteiger partial charge is 0.490 e. The number of ether oxygens (including phenoxy) is 2. The summed E-state index contributed by atoms with van der Waals surface area (Å²) in [6, 6.07) is 5.71. The minimum Gasteiger partial charge on any atom is -0.490 e. The molecular weight excluding hydrogens is 252 g/mol. The van der Waals surface area contributed by atoms with Crippen molar-refractivity contribution in [1.82, 2.24) is 0 Å². The molecule has 3 nitrogen and oxygen atoms in total. The smallest absolute Gasteiger partial charge is 0.161 e. The predicted octanol–water partition coefficient (Wildman–Crippen LogP) is 4.34. The van der Waals surface area contributed by atoms with Crippen molar-refractivity contribution in [3.05, 3.63) is 23.8 Å². The molecule has 0 spiro atoms. The average molecular weight is 280 g/mol. The lowest BCUT2D eigenvalue weighted by atomic mass is 9.95. The molecule has 3 heteroatoms. The summed E-state index contributed by atoms with van der Waals surface area (Å²) in [5.74, 6) is 1.98. The first-order valence-electron chi connectivity index (χ1n) is 7.69. The second-order valence-electron chi connectivity index (χ2n) is 5.22. The third-order valence-corrected chi connectivity index (χ3v) is 3.36. The van der Waals surface area contributed by atoms with Crippen LogP contribution in [-0.2, 0) is 0 Å². The Balaban J connectivity index is 2.81. The number of rotatable bonds is 9. The fourth-order valence-electron chi connectivity index (χ4n) is 2.40. The Morgan fingerprint density at radius 3 is 2.30 bits per heavy atom. The molecule has 114 valence electrons. The van der Waals surface area contributed by atoms with Gasteiger partial charge in [0.1, 0.15) is 0 Å². The van der Waals surface area contributed by atoms with Crippen molar-refractivity contribution >= 4 is 0 Å². The maximum Gasteiger partial charge on any atom is 0.161 e. The van der Waals surface area contributed by atoms with E-state index in [4.69, 9.17) is 9.47 Å².